The summed E-state index contributed by atoms with van der Waals surface area (Å²) in [5, 5.41) is 16.8. The molecular formula is C16H11N7OS. The van der Waals surface area contributed by atoms with Crippen molar-refractivity contribution in [1.29, 1.82) is 0 Å². The van der Waals surface area contributed by atoms with Gasteiger partial charge in [-0.3, -0.25) is 15.1 Å². The third kappa shape index (κ3) is 3.26. The Labute approximate surface area is 146 Å². The fourth-order valence-electron chi connectivity index (χ4n) is 2.11. The van der Waals surface area contributed by atoms with Crippen LogP contribution >= 0.6 is 11.3 Å². The minimum atomic E-state index is -0.464. The molecule has 1 amide bonds. The first-order valence-electron chi connectivity index (χ1n) is 7.32. The first-order chi connectivity index (χ1) is 12.3. The van der Waals surface area contributed by atoms with Gasteiger partial charge in [0, 0.05) is 23.3 Å². The second-order valence-electron chi connectivity index (χ2n) is 4.97. The van der Waals surface area contributed by atoms with Crippen LogP contribution < -0.4 is 5.32 Å². The van der Waals surface area contributed by atoms with Gasteiger partial charge in [0.2, 0.25) is 0 Å². The summed E-state index contributed by atoms with van der Waals surface area (Å²) in [6.45, 7) is 0. The molecule has 0 unspecified atom stereocenters. The number of nitrogens with one attached hydrogen (secondary N) is 1. The number of pyridine rings is 1. The third-order valence-electron chi connectivity index (χ3n) is 3.29. The van der Waals surface area contributed by atoms with E-state index in [0.29, 0.717) is 5.13 Å². The second-order valence-corrected chi connectivity index (χ2v) is 5.83. The largest absolute Gasteiger partial charge is 0.299 e. The van der Waals surface area contributed by atoms with Gasteiger partial charge in [-0.05, 0) is 29.5 Å². The standard InChI is InChI=1S/C16H11N7OS/c24-15(14-20-22-23(21-14)12-6-2-1-3-7-12)19-16-18-13(10-25-16)11-5-4-8-17-9-11/h1-10H,(H,18,19,24). The van der Waals surface area contributed by atoms with Crippen molar-refractivity contribution in [3.8, 4) is 16.9 Å². The highest BCUT2D eigenvalue weighted by Crippen LogP contribution is 2.24. The van der Waals surface area contributed by atoms with Crippen LogP contribution in [0.15, 0.2) is 60.2 Å². The SMILES string of the molecule is O=C(Nc1nc(-c2cccnc2)cs1)c1nnn(-c2ccccc2)n1. The molecule has 8 nitrogen and oxygen atoms in total. The second kappa shape index (κ2) is 6.57. The number of anilines is 1. The average molecular weight is 349 g/mol. The van der Waals surface area contributed by atoms with Crippen LogP contribution in [0.5, 0.6) is 0 Å². The Bertz CT molecular complexity index is 998. The van der Waals surface area contributed by atoms with Gasteiger partial charge in [-0.15, -0.1) is 26.3 Å². The maximum Gasteiger partial charge on any atom is 0.299 e. The van der Waals surface area contributed by atoms with E-state index in [4.69, 9.17) is 0 Å². The van der Waals surface area contributed by atoms with E-state index in [1.54, 1.807) is 12.4 Å². The van der Waals surface area contributed by atoms with Crippen LogP contribution in [0.3, 0.4) is 0 Å². The number of hydrogen-bond donors (Lipinski definition) is 1. The van der Waals surface area contributed by atoms with E-state index in [2.05, 4.69) is 30.7 Å². The monoisotopic (exact) mass is 349 g/mol. The number of hydrogen-bond acceptors (Lipinski definition) is 7. The minimum Gasteiger partial charge on any atom is -0.295 e. The molecule has 0 aliphatic carbocycles. The lowest BCUT2D eigenvalue weighted by atomic mass is 10.2. The van der Waals surface area contributed by atoms with Gasteiger partial charge in [0.15, 0.2) is 5.13 Å². The lowest BCUT2D eigenvalue weighted by Gasteiger charge is -1.97. The number of thiazole rings is 1. The van der Waals surface area contributed by atoms with Crippen LogP contribution in [0.1, 0.15) is 10.6 Å². The lowest BCUT2D eigenvalue weighted by Crippen LogP contribution is -2.14. The number of carbonyl (C=O) groups is 1. The van der Waals surface area contributed by atoms with Crippen LogP contribution in [-0.2, 0) is 0 Å². The first kappa shape index (κ1) is 15.1. The number of aromatic nitrogens is 6. The van der Waals surface area contributed by atoms with Gasteiger partial charge in [-0.25, -0.2) is 4.98 Å². The molecule has 25 heavy (non-hydrogen) atoms. The van der Waals surface area contributed by atoms with E-state index in [1.807, 2.05) is 47.8 Å². The Hall–Kier alpha value is -3.46. The summed E-state index contributed by atoms with van der Waals surface area (Å²) in [5.74, 6) is -0.490. The van der Waals surface area contributed by atoms with Crippen molar-refractivity contribution in [2.45, 2.75) is 0 Å². The number of nitrogens with zero attached hydrogens (tertiary/aromatic N) is 6. The summed E-state index contributed by atoms with van der Waals surface area (Å²) < 4.78 is 0. The highest BCUT2D eigenvalue weighted by Gasteiger charge is 2.15. The average Bonchev–Trinajstić information content (AvgIpc) is 3.33. The normalized spacial score (nSPS) is 10.6. The molecule has 0 fully saturated rings. The molecule has 0 saturated carbocycles. The zero-order valence-corrected chi connectivity index (χ0v) is 13.6. The molecule has 0 radical (unpaired) electrons. The van der Waals surface area contributed by atoms with E-state index in [1.165, 1.54) is 16.1 Å². The number of para-hydroxylation sites is 1. The van der Waals surface area contributed by atoms with Gasteiger partial charge >= 0.3 is 0 Å². The number of carbonyl (C=O) groups excluding carboxylic acids is 1. The van der Waals surface area contributed by atoms with E-state index < -0.39 is 5.91 Å². The van der Waals surface area contributed by atoms with Crippen molar-refractivity contribution in [3.63, 3.8) is 0 Å². The predicted octanol–water partition coefficient (Wildman–Crippen LogP) is 2.43. The van der Waals surface area contributed by atoms with Gasteiger partial charge in [0.1, 0.15) is 0 Å². The Morgan fingerprint density at radius 1 is 1.12 bits per heavy atom. The highest BCUT2D eigenvalue weighted by molar-refractivity contribution is 7.14. The van der Waals surface area contributed by atoms with Crippen molar-refractivity contribution in [3.05, 3.63) is 66.1 Å². The van der Waals surface area contributed by atoms with E-state index in [-0.39, 0.29) is 5.82 Å². The topological polar surface area (TPSA) is 98.5 Å². The van der Waals surface area contributed by atoms with Gasteiger partial charge in [0.25, 0.3) is 11.7 Å². The van der Waals surface area contributed by atoms with Crippen molar-refractivity contribution in [2.24, 2.45) is 0 Å². The summed E-state index contributed by atoms with van der Waals surface area (Å²) in [6, 6.07) is 13.0. The van der Waals surface area contributed by atoms with Crippen LogP contribution in [0.25, 0.3) is 16.9 Å². The molecule has 4 rings (SSSR count). The molecule has 1 N–H and O–H groups in total. The molecule has 1 aromatic carbocycles. The van der Waals surface area contributed by atoms with Gasteiger partial charge < -0.3 is 0 Å². The molecule has 0 atom stereocenters. The maximum atomic E-state index is 12.3. The van der Waals surface area contributed by atoms with Gasteiger partial charge in [-0.1, -0.05) is 18.2 Å². The molecule has 0 bridgehead atoms. The predicted molar refractivity (Wildman–Crippen MR) is 92.5 cm³/mol. The fraction of sp³-hybridized carbons (Fsp3) is 0. The summed E-state index contributed by atoms with van der Waals surface area (Å²) >= 11 is 1.32. The summed E-state index contributed by atoms with van der Waals surface area (Å²) in [5.41, 5.74) is 2.35. The summed E-state index contributed by atoms with van der Waals surface area (Å²) in [4.78, 5) is 22.0. The van der Waals surface area contributed by atoms with Crippen molar-refractivity contribution < 1.29 is 4.79 Å². The first-order valence-corrected chi connectivity index (χ1v) is 8.20. The fourth-order valence-corrected chi connectivity index (χ4v) is 2.82. The number of tetrazole rings is 1. The van der Waals surface area contributed by atoms with Crippen molar-refractivity contribution in [1.82, 2.24) is 30.2 Å². The van der Waals surface area contributed by atoms with E-state index >= 15 is 0 Å². The molecule has 4 aromatic rings. The molecule has 0 aliphatic rings. The molecule has 0 aliphatic heterocycles. The minimum absolute atomic E-state index is 0.0259. The van der Waals surface area contributed by atoms with E-state index in [0.717, 1.165) is 16.9 Å². The Morgan fingerprint density at radius 2 is 2.00 bits per heavy atom. The Morgan fingerprint density at radius 3 is 2.80 bits per heavy atom. The van der Waals surface area contributed by atoms with Crippen LogP contribution in [0.4, 0.5) is 5.13 Å². The van der Waals surface area contributed by atoms with Crippen molar-refractivity contribution >= 4 is 22.4 Å². The van der Waals surface area contributed by atoms with Crippen LogP contribution in [0.2, 0.25) is 0 Å². The molecule has 0 saturated heterocycles. The zero-order valence-electron chi connectivity index (χ0n) is 12.8. The van der Waals surface area contributed by atoms with Crippen LogP contribution in [-0.4, -0.2) is 36.1 Å². The van der Waals surface area contributed by atoms with Gasteiger partial charge in [0.05, 0.1) is 11.4 Å². The molecule has 122 valence electrons. The molecule has 3 heterocycles. The number of benzene rings is 1. The Kier molecular flexibility index (Phi) is 3.97. The van der Waals surface area contributed by atoms with Gasteiger partial charge in [-0.2, -0.15) is 0 Å². The molecular weight excluding hydrogens is 338 g/mol. The maximum absolute atomic E-state index is 12.3. The molecule has 0 spiro atoms. The smallest absolute Gasteiger partial charge is 0.295 e. The number of rotatable bonds is 4. The summed E-state index contributed by atoms with van der Waals surface area (Å²) in [6.07, 6.45) is 3.41. The molecule has 9 heteroatoms. The molecule has 3 aromatic heterocycles. The highest BCUT2D eigenvalue weighted by atomic mass is 32.1. The van der Waals surface area contributed by atoms with Crippen LogP contribution in [0, 0.1) is 0 Å². The van der Waals surface area contributed by atoms with Crippen molar-refractivity contribution in [2.75, 3.05) is 5.32 Å². The quantitative estimate of drug-likeness (QED) is 0.607. The zero-order chi connectivity index (χ0) is 17.1. The number of amides is 1. The lowest BCUT2D eigenvalue weighted by molar-refractivity contribution is 0.101. The Balaban J connectivity index is 1.50. The van der Waals surface area contributed by atoms with E-state index in [9.17, 15) is 4.79 Å². The summed E-state index contributed by atoms with van der Waals surface area (Å²) in [7, 11) is 0. The third-order valence-corrected chi connectivity index (χ3v) is 4.04.